The van der Waals surface area contributed by atoms with Gasteiger partial charge in [-0.1, -0.05) is 0 Å². The van der Waals surface area contributed by atoms with E-state index in [1.54, 1.807) is 10.6 Å². The molecule has 0 aliphatic rings. The second kappa shape index (κ2) is 9.41. The molecule has 0 unspecified atom stereocenters. The van der Waals surface area contributed by atoms with E-state index in [2.05, 4.69) is 115 Å². The first-order valence-corrected chi connectivity index (χ1v) is 25.4. The molecule has 2 aromatic carbocycles. The quantitative estimate of drug-likeness (QED) is 0.231. The van der Waals surface area contributed by atoms with Gasteiger partial charge in [0, 0.05) is 0 Å². The third-order valence-electron chi connectivity index (χ3n) is 5.46. The van der Waals surface area contributed by atoms with Crippen LogP contribution >= 0.6 is 37.8 Å². The molecule has 0 atom stereocenters. The summed E-state index contributed by atoms with van der Waals surface area (Å²) >= 11 is 9.07. The summed E-state index contributed by atoms with van der Waals surface area (Å²) in [6, 6.07) is 22.9. The molecule has 0 saturated carbocycles. The molecule has 2 rings (SSSR count). The van der Waals surface area contributed by atoms with E-state index in [1.807, 2.05) is 0 Å². The summed E-state index contributed by atoms with van der Waals surface area (Å²) in [5.74, 6) is 0. The Bertz CT molecular complexity index is 596. The third kappa shape index (κ3) is 3.77. The molecule has 25 heavy (non-hydrogen) atoms. The predicted octanol–water partition coefficient (Wildman–Crippen LogP) is 6.82. The summed E-state index contributed by atoms with van der Waals surface area (Å²) in [5, 5.41) is 3.28. The Labute approximate surface area is 170 Å². The Morgan fingerprint density at radius 3 is 1.12 bits per heavy atom. The van der Waals surface area contributed by atoms with E-state index in [9.17, 15) is 0 Å². The minimum atomic E-state index is -1.99. The van der Waals surface area contributed by atoms with Gasteiger partial charge in [0.05, 0.1) is 0 Å². The zero-order valence-electron chi connectivity index (χ0n) is 15.7. The summed E-state index contributed by atoms with van der Waals surface area (Å²) in [7, 11) is -1.99. The van der Waals surface area contributed by atoms with Crippen molar-refractivity contribution in [3.8, 4) is 0 Å². The summed E-state index contributed by atoms with van der Waals surface area (Å²) in [5.41, 5.74) is -3.32. The van der Waals surface area contributed by atoms with Crippen LogP contribution in [-0.2, 0) is 10.5 Å². The van der Waals surface area contributed by atoms with E-state index in [0.717, 1.165) is 0 Å². The van der Waals surface area contributed by atoms with Crippen LogP contribution in [0.25, 0.3) is 0 Å². The van der Waals surface area contributed by atoms with Gasteiger partial charge in [0.1, 0.15) is 0 Å². The maximum atomic E-state index is 4.53. The maximum absolute atomic E-state index is 4.53. The van der Waals surface area contributed by atoms with Gasteiger partial charge in [-0.3, -0.25) is 0 Å². The normalized spacial score (nSPS) is 15.0. The van der Waals surface area contributed by atoms with Crippen LogP contribution in [0.3, 0.4) is 0 Å². The van der Waals surface area contributed by atoms with Crippen LogP contribution in [0.15, 0.2) is 60.7 Å². The summed E-state index contributed by atoms with van der Waals surface area (Å²) in [6.45, 7) is 9.74. The van der Waals surface area contributed by atoms with Crippen molar-refractivity contribution >= 4 is 48.4 Å². The first-order valence-electron chi connectivity index (χ1n) is 9.12. The summed E-state index contributed by atoms with van der Waals surface area (Å²) < 4.78 is 0. The average molecular weight is 601 g/mol. The first kappa shape index (κ1) is 22.2. The Balaban J connectivity index is 2.73. The molecule has 0 aromatic heterocycles. The van der Waals surface area contributed by atoms with Crippen LogP contribution in [-0.4, -0.2) is 24.6 Å². The Morgan fingerprint density at radius 1 is 0.600 bits per heavy atom. The summed E-state index contributed by atoms with van der Waals surface area (Å²) in [4.78, 5) is 0. The van der Waals surface area contributed by atoms with Gasteiger partial charge in [-0.2, -0.15) is 0 Å². The molecule has 0 spiro atoms. The van der Waals surface area contributed by atoms with Crippen LogP contribution in [0, 0.1) is 0 Å². The predicted molar refractivity (Wildman–Crippen MR) is 129 cm³/mol. The van der Waals surface area contributed by atoms with Gasteiger partial charge in [-0.05, 0) is 0 Å². The van der Waals surface area contributed by atoms with Gasteiger partial charge < -0.3 is 0 Å². The zero-order chi connectivity index (χ0) is 18.6. The minimum absolute atomic E-state index is 1.31. The molecule has 2 aromatic rings. The molecular weight excluding hydrogens is 568 g/mol. The van der Waals surface area contributed by atoms with E-state index in [1.165, 1.54) is 24.6 Å². The van der Waals surface area contributed by atoms with Crippen LogP contribution in [0.5, 0.6) is 0 Å². The third-order valence-corrected chi connectivity index (χ3v) is 79.3. The van der Waals surface area contributed by atoms with Gasteiger partial charge in [0.25, 0.3) is 0 Å². The van der Waals surface area contributed by atoms with Crippen molar-refractivity contribution in [3.05, 3.63) is 60.7 Å². The van der Waals surface area contributed by atoms with Crippen molar-refractivity contribution in [1.29, 1.82) is 0 Å². The SMILES string of the molecule is CC[PH](CC)(c1ccccc1)[Pd]([Br])([Br])[PH](CC)(CC)c1ccccc1. The number of halogens is 2. The fourth-order valence-corrected chi connectivity index (χ4v) is 84.6. The molecule has 0 nitrogen and oxygen atoms in total. The topological polar surface area (TPSA) is 0 Å². The molecule has 0 aliphatic carbocycles. The molecule has 0 heterocycles. The van der Waals surface area contributed by atoms with Crippen LogP contribution in [0.1, 0.15) is 27.7 Å². The second-order valence-corrected chi connectivity index (χ2v) is 56.0. The number of rotatable bonds is 8. The van der Waals surface area contributed by atoms with Gasteiger partial charge in [-0.15, -0.1) is 0 Å². The molecule has 0 fully saturated rings. The van der Waals surface area contributed by atoms with Crippen molar-refractivity contribution in [2.24, 2.45) is 0 Å². The van der Waals surface area contributed by atoms with Gasteiger partial charge in [0.2, 0.25) is 0 Å². The molecule has 5 heteroatoms. The van der Waals surface area contributed by atoms with Gasteiger partial charge in [-0.25, -0.2) is 0 Å². The Morgan fingerprint density at radius 2 is 0.880 bits per heavy atom. The molecule has 0 saturated heterocycles. The van der Waals surface area contributed by atoms with Crippen molar-refractivity contribution in [1.82, 2.24) is 0 Å². The van der Waals surface area contributed by atoms with E-state index >= 15 is 0 Å². The van der Waals surface area contributed by atoms with Crippen molar-refractivity contribution < 1.29 is 10.5 Å². The first-order chi connectivity index (χ1) is 12.0. The number of hydrogen-bond acceptors (Lipinski definition) is 0. The van der Waals surface area contributed by atoms with E-state index in [4.69, 9.17) is 0 Å². The molecule has 0 amide bonds. The van der Waals surface area contributed by atoms with Gasteiger partial charge in [0.15, 0.2) is 0 Å². The monoisotopic (exact) mass is 598 g/mol. The molecular formula is C20H32Br2P2Pd. The van der Waals surface area contributed by atoms with Gasteiger partial charge >= 0.3 is 172 Å². The Hall–Kier alpha value is 0.922. The standard InChI is InChI=1S/2C10H15P.2BrH.Pd/c2*1-3-11(4-2)10-8-6-5-7-9-10;;;/h2*5-9H,3-4H2,1-2H3;2*1H;. The van der Waals surface area contributed by atoms with Crippen LogP contribution in [0.2, 0.25) is 0 Å². The molecule has 0 N–H and O–H groups in total. The molecule has 0 aliphatic heterocycles. The van der Waals surface area contributed by atoms with E-state index < -0.39 is 21.4 Å². The van der Waals surface area contributed by atoms with Crippen LogP contribution in [0.4, 0.5) is 0 Å². The van der Waals surface area contributed by atoms with Crippen molar-refractivity contribution in [2.75, 3.05) is 24.6 Å². The number of benzene rings is 2. The van der Waals surface area contributed by atoms with E-state index in [-0.39, 0.29) is 0 Å². The second-order valence-electron chi connectivity index (χ2n) is 6.32. The van der Waals surface area contributed by atoms with Crippen LogP contribution < -0.4 is 10.6 Å². The Kier molecular flexibility index (Phi) is 8.37. The molecule has 0 radical (unpaired) electrons. The van der Waals surface area contributed by atoms with Crippen molar-refractivity contribution in [3.63, 3.8) is 0 Å². The zero-order valence-corrected chi connectivity index (χ0v) is 22.4. The van der Waals surface area contributed by atoms with E-state index in [0.29, 0.717) is 0 Å². The average Bonchev–Trinajstić information content (AvgIpc) is 2.66. The molecule has 146 valence electrons. The molecule has 0 bridgehead atoms. The summed E-state index contributed by atoms with van der Waals surface area (Å²) in [6.07, 6.45) is 5.23. The number of hydrogen-bond donors (Lipinski definition) is 0. The fraction of sp³-hybridized carbons (Fsp3) is 0.400. The van der Waals surface area contributed by atoms with Crippen molar-refractivity contribution in [2.45, 2.75) is 27.7 Å². The fourth-order valence-electron chi connectivity index (χ4n) is 3.85.